The molecule has 0 aliphatic carbocycles. The van der Waals surface area contributed by atoms with E-state index in [0.717, 1.165) is 24.0 Å². The quantitative estimate of drug-likeness (QED) is 0.539. The highest BCUT2D eigenvalue weighted by molar-refractivity contribution is 6.31. The van der Waals surface area contributed by atoms with Gasteiger partial charge in [0.05, 0.1) is 18.2 Å². The number of halogens is 2. The van der Waals surface area contributed by atoms with Crippen LogP contribution in [0.1, 0.15) is 22.9 Å². The highest BCUT2D eigenvalue weighted by atomic mass is 35.5. The van der Waals surface area contributed by atoms with Gasteiger partial charge in [0, 0.05) is 49.2 Å². The van der Waals surface area contributed by atoms with Crippen molar-refractivity contribution in [3.8, 4) is 5.75 Å². The number of morpholine rings is 1. The summed E-state index contributed by atoms with van der Waals surface area (Å²) in [6, 6.07) is 7.84. The first-order chi connectivity index (χ1) is 16.9. The van der Waals surface area contributed by atoms with Gasteiger partial charge < -0.3 is 14.8 Å². The van der Waals surface area contributed by atoms with Crippen LogP contribution in [0, 0.1) is 5.82 Å². The number of hydrogen-bond donors (Lipinski definition) is 2. The van der Waals surface area contributed by atoms with Crippen molar-refractivity contribution in [2.45, 2.75) is 18.5 Å². The molecule has 0 bridgehead atoms. The minimum atomic E-state index is -0.699. The summed E-state index contributed by atoms with van der Waals surface area (Å²) in [5, 5.41) is 10.9. The zero-order chi connectivity index (χ0) is 24.3. The number of nitrogens with zero attached hydrogens (tertiary/aromatic N) is 3. The molecule has 2 unspecified atom stereocenters. The van der Waals surface area contributed by atoms with Gasteiger partial charge in [0.1, 0.15) is 23.7 Å². The van der Waals surface area contributed by atoms with Crippen molar-refractivity contribution in [3.63, 3.8) is 0 Å². The summed E-state index contributed by atoms with van der Waals surface area (Å²) in [7, 11) is 0. The number of rotatable bonds is 4. The molecule has 8 nitrogen and oxygen atoms in total. The molecule has 0 spiro atoms. The van der Waals surface area contributed by atoms with Crippen LogP contribution in [0.3, 0.4) is 0 Å². The van der Waals surface area contributed by atoms with E-state index in [1.807, 2.05) is 6.07 Å². The molecule has 2 atom stereocenters. The van der Waals surface area contributed by atoms with Crippen molar-refractivity contribution < 1.29 is 23.8 Å². The third-order valence-corrected chi connectivity index (χ3v) is 7.49. The van der Waals surface area contributed by atoms with Crippen molar-refractivity contribution in [2.75, 3.05) is 39.4 Å². The maximum Gasteiger partial charge on any atom is 0.328 e. The second kappa shape index (κ2) is 8.51. The third-order valence-electron chi connectivity index (χ3n) is 7.20. The van der Waals surface area contributed by atoms with Gasteiger partial charge >= 0.3 is 6.03 Å². The van der Waals surface area contributed by atoms with Crippen molar-refractivity contribution >= 4 is 34.4 Å². The van der Waals surface area contributed by atoms with E-state index in [0.29, 0.717) is 49.5 Å². The molecule has 35 heavy (non-hydrogen) atoms. The Balaban J connectivity index is 1.42. The molecular weight excluding hydrogens is 475 g/mol. The number of carbonyl (C=O) groups excluding carboxylic acids is 2. The molecule has 0 saturated carbocycles. The first-order valence-electron chi connectivity index (χ1n) is 11.6. The van der Waals surface area contributed by atoms with Crippen LogP contribution in [0.5, 0.6) is 5.75 Å². The van der Waals surface area contributed by atoms with E-state index in [1.54, 1.807) is 29.2 Å². The largest absolute Gasteiger partial charge is 0.508 e. The van der Waals surface area contributed by atoms with Crippen LogP contribution in [-0.2, 0) is 16.0 Å². The zero-order valence-corrected chi connectivity index (χ0v) is 19.6. The third kappa shape index (κ3) is 3.65. The lowest BCUT2D eigenvalue weighted by Gasteiger charge is -2.36. The van der Waals surface area contributed by atoms with Crippen LogP contribution in [-0.4, -0.2) is 82.2 Å². The van der Waals surface area contributed by atoms with E-state index < -0.39 is 17.9 Å². The number of amides is 3. The van der Waals surface area contributed by atoms with Crippen molar-refractivity contribution in [3.05, 3.63) is 64.1 Å². The number of carbonyl (C=O) groups is 2. The number of nitrogens with one attached hydrogen (secondary N) is 1. The zero-order valence-electron chi connectivity index (χ0n) is 18.8. The number of aromatic nitrogens is 1. The second-order valence-corrected chi connectivity index (χ2v) is 9.59. The average molecular weight is 499 g/mol. The summed E-state index contributed by atoms with van der Waals surface area (Å²) in [5.74, 6) is -0.742. The number of fused-ring (bicyclic) bond motifs is 4. The SMILES string of the molecule is O=C1C2Cc3c([nH]c4cc(F)c(Cl)cc34)C(c3cccc(O)c3)N2C(=O)N1CCN1CCOCC1. The van der Waals surface area contributed by atoms with Crippen molar-refractivity contribution in [1.82, 2.24) is 19.7 Å². The summed E-state index contributed by atoms with van der Waals surface area (Å²) >= 11 is 6.09. The molecule has 2 saturated heterocycles. The van der Waals surface area contributed by atoms with E-state index in [2.05, 4.69) is 9.88 Å². The van der Waals surface area contributed by atoms with E-state index in [9.17, 15) is 19.1 Å². The van der Waals surface area contributed by atoms with Gasteiger partial charge in [0.25, 0.3) is 5.91 Å². The van der Waals surface area contributed by atoms with E-state index in [4.69, 9.17) is 16.3 Å². The summed E-state index contributed by atoms with van der Waals surface area (Å²) in [6.07, 6.45) is 0.297. The molecule has 10 heteroatoms. The number of phenolic OH excluding ortho intramolecular Hbond substituents is 1. The number of aromatic hydroxyl groups is 1. The fourth-order valence-electron chi connectivity index (χ4n) is 5.49. The highest BCUT2D eigenvalue weighted by Crippen LogP contribution is 2.45. The molecule has 2 N–H and O–H groups in total. The van der Waals surface area contributed by atoms with Crippen molar-refractivity contribution in [1.29, 1.82) is 0 Å². The molecule has 3 aliphatic heterocycles. The number of aromatic amines is 1. The van der Waals surface area contributed by atoms with Crippen LogP contribution in [0.4, 0.5) is 9.18 Å². The van der Waals surface area contributed by atoms with E-state index in [-0.39, 0.29) is 22.7 Å². The summed E-state index contributed by atoms with van der Waals surface area (Å²) in [6.45, 7) is 3.69. The fraction of sp³-hybridized carbons (Fsp3) is 0.360. The van der Waals surface area contributed by atoms with Crippen LogP contribution < -0.4 is 0 Å². The molecule has 182 valence electrons. The van der Waals surface area contributed by atoms with Crippen LogP contribution >= 0.6 is 11.6 Å². The molecule has 2 fully saturated rings. The fourth-order valence-corrected chi connectivity index (χ4v) is 5.65. The van der Waals surface area contributed by atoms with Crippen LogP contribution in [0.15, 0.2) is 36.4 Å². The Morgan fingerprint density at radius 2 is 1.94 bits per heavy atom. The maximum absolute atomic E-state index is 14.2. The molecule has 4 heterocycles. The molecule has 1 aromatic heterocycles. The Labute approximate surface area is 205 Å². The van der Waals surface area contributed by atoms with Crippen LogP contribution in [0.2, 0.25) is 5.02 Å². The predicted molar refractivity (Wildman–Crippen MR) is 127 cm³/mol. The van der Waals surface area contributed by atoms with Gasteiger partial charge in [-0.15, -0.1) is 0 Å². The number of ether oxygens (including phenoxy) is 1. The normalized spacial score (nSPS) is 22.7. The lowest BCUT2D eigenvalue weighted by atomic mass is 9.89. The molecular formula is C25H24ClFN4O4. The molecule has 2 aromatic carbocycles. The molecule has 0 radical (unpaired) electrons. The Bertz CT molecular complexity index is 1340. The number of imide groups is 1. The topological polar surface area (TPSA) is 89.1 Å². The number of phenols is 1. The smallest absolute Gasteiger partial charge is 0.328 e. The standard InChI is InChI=1S/C25H24ClFN4O4/c26-18-11-16-17-12-21-24(33)30(5-4-29-6-8-35-9-7-29)25(34)31(21)23(14-2-1-3-15(32)10-14)22(17)28-20(16)13-19(18)27/h1-3,10-11,13,21,23,28,32H,4-9,12H2. The molecule has 3 aromatic rings. The number of H-pyrrole nitrogens is 1. The second-order valence-electron chi connectivity index (χ2n) is 9.18. The minimum Gasteiger partial charge on any atom is -0.508 e. The number of hydrogen-bond acceptors (Lipinski definition) is 5. The van der Waals surface area contributed by atoms with E-state index >= 15 is 0 Å². The summed E-state index contributed by atoms with van der Waals surface area (Å²) < 4.78 is 19.6. The van der Waals surface area contributed by atoms with Gasteiger partial charge in [-0.25, -0.2) is 9.18 Å². The van der Waals surface area contributed by atoms with Gasteiger partial charge in [-0.1, -0.05) is 23.7 Å². The summed E-state index contributed by atoms with van der Waals surface area (Å²) in [5.41, 5.74) is 2.73. The van der Waals surface area contributed by atoms with Gasteiger partial charge in [-0.3, -0.25) is 19.5 Å². The molecule has 6 rings (SSSR count). The maximum atomic E-state index is 14.2. The van der Waals surface area contributed by atoms with Gasteiger partial charge in [-0.05, 0) is 35.4 Å². The molecule has 3 amide bonds. The predicted octanol–water partition coefficient (Wildman–Crippen LogP) is 3.28. The Morgan fingerprint density at radius 3 is 2.71 bits per heavy atom. The first-order valence-corrected chi connectivity index (χ1v) is 12.0. The highest BCUT2D eigenvalue weighted by Gasteiger charge is 2.52. The van der Waals surface area contributed by atoms with Gasteiger partial charge in [0.2, 0.25) is 0 Å². The van der Waals surface area contributed by atoms with Crippen LogP contribution in [0.25, 0.3) is 10.9 Å². The Morgan fingerprint density at radius 1 is 1.14 bits per heavy atom. The monoisotopic (exact) mass is 498 g/mol. The van der Waals surface area contributed by atoms with Crippen molar-refractivity contribution in [2.24, 2.45) is 0 Å². The van der Waals surface area contributed by atoms with Gasteiger partial charge in [-0.2, -0.15) is 0 Å². The summed E-state index contributed by atoms with van der Waals surface area (Å²) in [4.78, 5) is 35.6. The lowest BCUT2D eigenvalue weighted by molar-refractivity contribution is -0.128. The number of benzene rings is 2. The first kappa shape index (κ1) is 22.3. The molecule has 3 aliphatic rings. The lowest BCUT2D eigenvalue weighted by Crippen LogP contribution is -2.44. The van der Waals surface area contributed by atoms with E-state index in [1.165, 1.54) is 11.0 Å². The average Bonchev–Trinajstić information content (AvgIpc) is 3.31. The van der Waals surface area contributed by atoms with Gasteiger partial charge in [0.15, 0.2) is 0 Å². The number of urea groups is 1. The minimum absolute atomic E-state index is 0.00315. The Hall–Kier alpha value is -3.14. The Kier molecular flexibility index (Phi) is 5.43.